The Morgan fingerprint density at radius 3 is 2.79 bits per heavy atom. The standard InChI is InChI=1S/C20H32N6O2.HI/c1-5-20(6-2)15(13-16(20)27-7-3)23-19(21-4)22-11-10-17-24-18(26-25-17)14-9-8-12-28-14;/h8-9,12,15-16H,5-7,10-11,13H2,1-4H3,(H2,21,22,23)(H,24,25,26);1H. The van der Waals surface area contributed by atoms with Gasteiger partial charge in [0.25, 0.3) is 0 Å². The predicted molar refractivity (Wildman–Crippen MR) is 125 cm³/mol. The molecule has 0 spiro atoms. The Kier molecular flexibility index (Phi) is 8.94. The molecule has 2 aromatic rings. The SMILES string of the molecule is CCOC1CC(NC(=NC)NCCc2nc(-c3ccco3)n[nH]2)C1(CC)CC.I. The summed E-state index contributed by atoms with van der Waals surface area (Å²) in [6.45, 7) is 8.04. The van der Waals surface area contributed by atoms with Crippen LogP contribution in [0.2, 0.25) is 0 Å². The van der Waals surface area contributed by atoms with E-state index in [1.54, 1.807) is 13.3 Å². The first-order valence-corrected chi connectivity index (χ1v) is 10.2. The van der Waals surface area contributed by atoms with Crippen LogP contribution in [-0.2, 0) is 11.2 Å². The normalized spacial score (nSPS) is 20.6. The molecule has 162 valence electrons. The molecular formula is C20H33IN6O2. The zero-order valence-corrected chi connectivity index (χ0v) is 20.0. The highest BCUT2D eigenvalue weighted by atomic mass is 127. The van der Waals surface area contributed by atoms with Crippen LogP contribution in [0.4, 0.5) is 0 Å². The van der Waals surface area contributed by atoms with Gasteiger partial charge < -0.3 is 19.8 Å². The van der Waals surface area contributed by atoms with Gasteiger partial charge in [0.05, 0.1) is 12.4 Å². The van der Waals surface area contributed by atoms with E-state index in [0.717, 1.165) is 37.7 Å². The van der Waals surface area contributed by atoms with Crippen LogP contribution >= 0.6 is 24.0 Å². The number of hydrogen-bond donors (Lipinski definition) is 3. The lowest BCUT2D eigenvalue weighted by atomic mass is 9.58. The highest BCUT2D eigenvalue weighted by Gasteiger charge is 2.53. The van der Waals surface area contributed by atoms with E-state index in [1.807, 2.05) is 12.1 Å². The fourth-order valence-electron chi connectivity index (χ4n) is 4.17. The molecule has 0 aliphatic heterocycles. The first-order valence-electron chi connectivity index (χ1n) is 10.2. The number of H-pyrrole nitrogens is 1. The number of ether oxygens (including phenoxy) is 1. The van der Waals surface area contributed by atoms with Gasteiger partial charge in [0.2, 0.25) is 5.82 Å². The number of guanidine groups is 1. The second-order valence-electron chi connectivity index (χ2n) is 7.15. The Morgan fingerprint density at radius 2 is 2.17 bits per heavy atom. The molecule has 0 bridgehead atoms. The molecule has 3 rings (SSSR count). The molecule has 1 aliphatic carbocycles. The molecule has 0 aromatic carbocycles. The number of aromatic amines is 1. The van der Waals surface area contributed by atoms with Crippen LogP contribution in [0.3, 0.4) is 0 Å². The topological polar surface area (TPSA) is 100 Å². The molecule has 1 aliphatic rings. The Morgan fingerprint density at radius 1 is 1.38 bits per heavy atom. The van der Waals surface area contributed by atoms with Crippen molar-refractivity contribution < 1.29 is 9.15 Å². The molecule has 2 aromatic heterocycles. The molecule has 29 heavy (non-hydrogen) atoms. The minimum Gasteiger partial charge on any atom is -0.461 e. The summed E-state index contributed by atoms with van der Waals surface area (Å²) >= 11 is 0. The molecule has 1 fully saturated rings. The first-order chi connectivity index (χ1) is 13.7. The smallest absolute Gasteiger partial charge is 0.216 e. The van der Waals surface area contributed by atoms with Gasteiger partial charge in [0, 0.05) is 38.1 Å². The van der Waals surface area contributed by atoms with E-state index in [0.29, 0.717) is 36.7 Å². The van der Waals surface area contributed by atoms with Crippen LogP contribution in [0.1, 0.15) is 45.9 Å². The molecule has 2 atom stereocenters. The van der Waals surface area contributed by atoms with Gasteiger partial charge >= 0.3 is 0 Å². The van der Waals surface area contributed by atoms with E-state index in [9.17, 15) is 0 Å². The van der Waals surface area contributed by atoms with Crippen molar-refractivity contribution in [1.82, 2.24) is 25.8 Å². The van der Waals surface area contributed by atoms with Crippen molar-refractivity contribution in [3.05, 3.63) is 24.2 Å². The molecule has 0 amide bonds. The van der Waals surface area contributed by atoms with Crippen molar-refractivity contribution in [3.8, 4) is 11.6 Å². The van der Waals surface area contributed by atoms with Crippen LogP contribution in [0, 0.1) is 5.41 Å². The molecule has 0 saturated heterocycles. The maximum absolute atomic E-state index is 5.97. The molecular weight excluding hydrogens is 483 g/mol. The molecule has 0 radical (unpaired) electrons. The van der Waals surface area contributed by atoms with Gasteiger partial charge in [0.1, 0.15) is 5.82 Å². The third-order valence-electron chi connectivity index (χ3n) is 5.93. The second-order valence-corrected chi connectivity index (χ2v) is 7.15. The average molecular weight is 516 g/mol. The summed E-state index contributed by atoms with van der Waals surface area (Å²) in [7, 11) is 1.80. The van der Waals surface area contributed by atoms with E-state index >= 15 is 0 Å². The molecule has 2 heterocycles. The molecule has 2 unspecified atom stereocenters. The number of halogens is 1. The minimum absolute atomic E-state index is 0. The van der Waals surface area contributed by atoms with E-state index in [-0.39, 0.29) is 29.4 Å². The summed E-state index contributed by atoms with van der Waals surface area (Å²) < 4.78 is 11.3. The quantitative estimate of drug-likeness (QED) is 0.269. The third-order valence-corrected chi connectivity index (χ3v) is 5.93. The molecule has 8 nitrogen and oxygen atoms in total. The van der Waals surface area contributed by atoms with Gasteiger partial charge in [0.15, 0.2) is 11.7 Å². The summed E-state index contributed by atoms with van der Waals surface area (Å²) in [5.74, 6) is 2.87. The lowest BCUT2D eigenvalue weighted by Gasteiger charge is -2.55. The molecule has 1 saturated carbocycles. The third kappa shape index (κ3) is 5.11. The average Bonchev–Trinajstić information content (AvgIpc) is 3.38. The van der Waals surface area contributed by atoms with Gasteiger partial charge in [-0.05, 0) is 38.3 Å². The van der Waals surface area contributed by atoms with Crippen molar-refractivity contribution in [2.24, 2.45) is 10.4 Å². The second kappa shape index (κ2) is 11.0. The van der Waals surface area contributed by atoms with Gasteiger partial charge in [-0.25, -0.2) is 4.98 Å². The lowest BCUT2D eigenvalue weighted by molar-refractivity contribution is -0.133. The summed E-state index contributed by atoms with van der Waals surface area (Å²) in [6.07, 6.45) is 5.87. The van der Waals surface area contributed by atoms with Crippen LogP contribution < -0.4 is 10.6 Å². The van der Waals surface area contributed by atoms with Gasteiger partial charge in [-0.2, -0.15) is 5.10 Å². The van der Waals surface area contributed by atoms with E-state index in [2.05, 4.69) is 51.6 Å². The van der Waals surface area contributed by atoms with Crippen molar-refractivity contribution in [2.45, 2.75) is 58.6 Å². The fraction of sp³-hybridized carbons (Fsp3) is 0.650. The number of rotatable bonds is 9. The summed E-state index contributed by atoms with van der Waals surface area (Å²) in [5, 5.41) is 14.1. The van der Waals surface area contributed by atoms with Crippen molar-refractivity contribution in [3.63, 3.8) is 0 Å². The highest BCUT2D eigenvalue weighted by molar-refractivity contribution is 14.0. The maximum atomic E-state index is 5.97. The number of nitrogens with one attached hydrogen (secondary N) is 3. The highest BCUT2D eigenvalue weighted by Crippen LogP contribution is 2.48. The van der Waals surface area contributed by atoms with Crippen molar-refractivity contribution in [1.29, 1.82) is 0 Å². The summed E-state index contributed by atoms with van der Waals surface area (Å²) in [6, 6.07) is 4.05. The zero-order valence-electron chi connectivity index (χ0n) is 17.7. The predicted octanol–water partition coefficient (Wildman–Crippen LogP) is 3.37. The molecule has 3 N–H and O–H groups in total. The van der Waals surface area contributed by atoms with Crippen LogP contribution in [-0.4, -0.2) is 53.5 Å². The van der Waals surface area contributed by atoms with E-state index in [4.69, 9.17) is 9.15 Å². The van der Waals surface area contributed by atoms with Crippen LogP contribution in [0.25, 0.3) is 11.6 Å². The Balaban J connectivity index is 0.00000300. The Hall–Kier alpha value is -1.62. The number of furan rings is 1. The Bertz CT molecular complexity index is 757. The largest absolute Gasteiger partial charge is 0.461 e. The monoisotopic (exact) mass is 516 g/mol. The maximum Gasteiger partial charge on any atom is 0.216 e. The van der Waals surface area contributed by atoms with Crippen LogP contribution in [0.15, 0.2) is 27.8 Å². The number of aromatic nitrogens is 3. The van der Waals surface area contributed by atoms with Gasteiger partial charge in [-0.3, -0.25) is 10.1 Å². The van der Waals surface area contributed by atoms with E-state index in [1.165, 1.54) is 0 Å². The first kappa shape index (κ1) is 23.7. The Labute approximate surface area is 189 Å². The van der Waals surface area contributed by atoms with Crippen molar-refractivity contribution in [2.75, 3.05) is 20.2 Å². The minimum atomic E-state index is 0. The van der Waals surface area contributed by atoms with E-state index < -0.39 is 0 Å². The van der Waals surface area contributed by atoms with Gasteiger partial charge in [-0.1, -0.05) is 13.8 Å². The number of nitrogens with zero attached hydrogens (tertiary/aromatic N) is 3. The number of aliphatic imine (C=N–C) groups is 1. The van der Waals surface area contributed by atoms with Crippen LogP contribution in [0.5, 0.6) is 0 Å². The summed E-state index contributed by atoms with van der Waals surface area (Å²) in [5.41, 5.74) is 0.177. The lowest BCUT2D eigenvalue weighted by Crippen LogP contribution is -2.65. The van der Waals surface area contributed by atoms with Crippen molar-refractivity contribution >= 4 is 29.9 Å². The van der Waals surface area contributed by atoms with Gasteiger partial charge in [-0.15, -0.1) is 24.0 Å². The molecule has 9 heteroatoms. The summed E-state index contributed by atoms with van der Waals surface area (Å²) in [4.78, 5) is 8.85. The zero-order chi connectivity index (χ0) is 20.0. The number of hydrogen-bond acceptors (Lipinski definition) is 5. The fourth-order valence-corrected chi connectivity index (χ4v) is 4.17.